The van der Waals surface area contributed by atoms with Crippen molar-refractivity contribution in [1.82, 2.24) is 0 Å². The number of hydrogen-bond acceptors (Lipinski definition) is 2. The molecule has 0 heterocycles. The minimum Gasteiger partial charge on any atom is -0.459 e. The van der Waals surface area contributed by atoms with Crippen molar-refractivity contribution in [2.45, 2.75) is 109 Å². The van der Waals surface area contributed by atoms with Crippen molar-refractivity contribution in [1.29, 1.82) is 0 Å². The Morgan fingerprint density at radius 3 is 2.09 bits per heavy atom. The zero-order chi connectivity index (χ0) is 16.3. The van der Waals surface area contributed by atoms with Crippen molar-refractivity contribution >= 4 is 5.97 Å². The predicted molar refractivity (Wildman–Crippen MR) is 94.2 cm³/mol. The van der Waals surface area contributed by atoms with Crippen molar-refractivity contribution < 1.29 is 9.53 Å². The highest BCUT2D eigenvalue weighted by molar-refractivity contribution is 5.66. The molecule has 0 unspecified atom stereocenters. The maximum atomic E-state index is 11.4. The standard InChI is InChI=1S/C21H36O2/c1-3-4-5-6-18-7-9-19(10-8-18)20-11-14-21(15-12-20,16-13-20)23-17(2)22/h18-19H,3-16H2,1-2H3. The van der Waals surface area contributed by atoms with Crippen molar-refractivity contribution in [2.75, 3.05) is 0 Å². The summed E-state index contributed by atoms with van der Waals surface area (Å²) in [5, 5.41) is 0. The molecule has 2 heteroatoms. The summed E-state index contributed by atoms with van der Waals surface area (Å²) in [6, 6.07) is 0. The van der Waals surface area contributed by atoms with E-state index in [1.54, 1.807) is 6.92 Å². The van der Waals surface area contributed by atoms with E-state index in [0.29, 0.717) is 5.41 Å². The maximum Gasteiger partial charge on any atom is 0.303 e. The van der Waals surface area contributed by atoms with Gasteiger partial charge in [-0.2, -0.15) is 0 Å². The Balaban J connectivity index is 1.49. The molecule has 0 saturated heterocycles. The molecule has 4 aliphatic carbocycles. The summed E-state index contributed by atoms with van der Waals surface area (Å²) in [6.07, 6.45) is 18.9. The summed E-state index contributed by atoms with van der Waals surface area (Å²) < 4.78 is 5.73. The van der Waals surface area contributed by atoms with Gasteiger partial charge in [-0.25, -0.2) is 0 Å². The second-order valence-electron chi connectivity index (χ2n) is 8.85. The third kappa shape index (κ3) is 3.77. The van der Waals surface area contributed by atoms with Crippen LogP contribution in [-0.4, -0.2) is 11.6 Å². The number of hydrogen-bond donors (Lipinski definition) is 0. The summed E-state index contributed by atoms with van der Waals surface area (Å²) in [6.45, 7) is 3.88. The molecule has 0 aromatic rings. The Bertz CT molecular complexity index is 382. The molecule has 0 spiro atoms. The van der Waals surface area contributed by atoms with Gasteiger partial charge in [0.05, 0.1) is 0 Å². The first-order valence-electron chi connectivity index (χ1n) is 10.3. The molecule has 4 saturated carbocycles. The van der Waals surface area contributed by atoms with E-state index in [0.717, 1.165) is 31.1 Å². The minimum absolute atomic E-state index is 0.0769. The smallest absolute Gasteiger partial charge is 0.303 e. The molecule has 0 aromatic carbocycles. The lowest BCUT2D eigenvalue weighted by atomic mass is 9.51. The van der Waals surface area contributed by atoms with Crippen LogP contribution >= 0.6 is 0 Å². The van der Waals surface area contributed by atoms with Gasteiger partial charge in [0.2, 0.25) is 0 Å². The fourth-order valence-electron chi connectivity index (χ4n) is 6.00. The van der Waals surface area contributed by atoms with Crippen LogP contribution in [0.5, 0.6) is 0 Å². The molecule has 2 bridgehead atoms. The van der Waals surface area contributed by atoms with Crippen molar-refractivity contribution in [3.63, 3.8) is 0 Å². The Morgan fingerprint density at radius 2 is 1.57 bits per heavy atom. The Labute approximate surface area is 142 Å². The van der Waals surface area contributed by atoms with Gasteiger partial charge in [0, 0.05) is 6.92 Å². The maximum absolute atomic E-state index is 11.4. The van der Waals surface area contributed by atoms with E-state index in [-0.39, 0.29) is 11.6 Å². The van der Waals surface area contributed by atoms with E-state index < -0.39 is 0 Å². The van der Waals surface area contributed by atoms with Crippen LogP contribution in [-0.2, 0) is 9.53 Å². The number of esters is 1. The van der Waals surface area contributed by atoms with Crippen LogP contribution in [0.1, 0.15) is 104 Å². The fraction of sp³-hybridized carbons (Fsp3) is 0.952. The zero-order valence-corrected chi connectivity index (χ0v) is 15.4. The molecule has 0 atom stereocenters. The fourth-order valence-corrected chi connectivity index (χ4v) is 6.00. The molecular formula is C21H36O2. The minimum atomic E-state index is -0.0784. The van der Waals surface area contributed by atoms with Crippen LogP contribution in [0, 0.1) is 17.3 Å². The van der Waals surface area contributed by atoms with Crippen LogP contribution in [0.4, 0.5) is 0 Å². The quantitative estimate of drug-likeness (QED) is 0.441. The summed E-state index contributed by atoms with van der Waals surface area (Å²) in [5.74, 6) is 1.90. The molecule has 0 radical (unpaired) electrons. The largest absolute Gasteiger partial charge is 0.459 e. The van der Waals surface area contributed by atoms with E-state index in [1.165, 1.54) is 70.6 Å². The Morgan fingerprint density at radius 1 is 0.957 bits per heavy atom. The molecule has 4 aliphatic rings. The van der Waals surface area contributed by atoms with Gasteiger partial charge in [-0.05, 0) is 68.6 Å². The van der Waals surface area contributed by atoms with Crippen LogP contribution in [0.2, 0.25) is 0 Å². The molecule has 0 aliphatic heterocycles. The van der Waals surface area contributed by atoms with Crippen LogP contribution in [0.25, 0.3) is 0 Å². The summed E-state index contributed by atoms with van der Waals surface area (Å²) in [4.78, 5) is 11.4. The average molecular weight is 321 g/mol. The topological polar surface area (TPSA) is 26.3 Å². The van der Waals surface area contributed by atoms with E-state index in [2.05, 4.69) is 6.92 Å². The van der Waals surface area contributed by atoms with Crippen molar-refractivity contribution in [3.05, 3.63) is 0 Å². The predicted octanol–water partition coefficient (Wildman–Crippen LogP) is 6.03. The van der Waals surface area contributed by atoms with Crippen molar-refractivity contribution in [3.8, 4) is 0 Å². The zero-order valence-electron chi connectivity index (χ0n) is 15.4. The molecule has 23 heavy (non-hydrogen) atoms. The monoisotopic (exact) mass is 320 g/mol. The average Bonchev–Trinajstić information content (AvgIpc) is 2.56. The number of carbonyl (C=O) groups is 1. The summed E-state index contributed by atoms with van der Waals surface area (Å²) >= 11 is 0. The molecule has 4 fully saturated rings. The second kappa shape index (κ2) is 7.15. The first-order chi connectivity index (χ1) is 11.1. The highest BCUT2D eigenvalue weighted by Crippen LogP contribution is 2.60. The molecule has 2 nitrogen and oxygen atoms in total. The second-order valence-corrected chi connectivity index (χ2v) is 8.85. The lowest BCUT2D eigenvalue weighted by Gasteiger charge is -2.56. The van der Waals surface area contributed by atoms with Gasteiger partial charge in [-0.1, -0.05) is 45.4 Å². The van der Waals surface area contributed by atoms with Crippen LogP contribution in [0.3, 0.4) is 0 Å². The lowest BCUT2D eigenvalue weighted by Crippen LogP contribution is -2.51. The first kappa shape index (κ1) is 17.3. The molecule has 0 amide bonds. The number of fused-ring (bicyclic) bond motifs is 3. The van der Waals surface area contributed by atoms with E-state index >= 15 is 0 Å². The highest BCUT2D eigenvalue weighted by atomic mass is 16.6. The van der Waals surface area contributed by atoms with Gasteiger partial charge in [0.15, 0.2) is 0 Å². The van der Waals surface area contributed by atoms with Gasteiger partial charge in [-0.15, -0.1) is 0 Å². The van der Waals surface area contributed by atoms with Gasteiger partial charge < -0.3 is 4.74 Å². The Kier molecular flexibility index (Phi) is 5.38. The van der Waals surface area contributed by atoms with Crippen molar-refractivity contribution in [2.24, 2.45) is 17.3 Å². The molecular weight excluding hydrogens is 284 g/mol. The number of carbonyl (C=O) groups excluding carboxylic acids is 1. The SMILES string of the molecule is CCCCCC1CCC(C23CCC(OC(C)=O)(CC2)CC3)CC1. The van der Waals surface area contributed by atoms with E-state index in [1.807, 2.05) is 0 Å². The molecule has 0 aromatic heterocycles. The number of rotatable bonds is 6. The number of ether oxygens (including phenoxy) is 1. The van der Waals surface area contributed by atoms with E-state index in [4.69, 9.17) is 4.74 Å². The van der Waals surface area contributed by atoms with Gasteiger partial charge in [0.1, 0.15) is 5.60 Å². The Hall–Kier alpha value is -0.530. The third-order valence-corrected chi connectivity index (χ3v) is 7.52. The van der Waals surface area contributed by atoms with Gasteiger partial charge >= 0.3 is 5.97 Å². The highest BCUT2D eigenvalue weighted by Gasteiger charge is 2.53. The van der Waals surface area contributed by atoms with Gasteiger partial charge in [0.25, 0.3) is 0 Å². The van der Waals surface area contributed by atoms with Crippen LogP contribution < -0.4 is 0 Å². The molecule has 4 rings (SSSR count). The lowest BCUT2D eigenvalue weighted by molar-refractivity contribution is -0.179. The van der Waals surface area contributed by atoms with E-state index in [9.17, 15) is 4.79 Å². The third-order valence-electron chi connectivity index (χ3n) is 7.52. The number of unbranched alkanes of at least 4 members (excludes halogenated alkanes) is 2. The molecule has 0 N–H and O–H groups in total. The van der Waals surface area contributed by atoms with Crippen LogP contribution in [0.15, 0.2) is 0 Å². The normalized spacial score (nSPS) is 40.1. The summed E-state index contributed by atoms with van der Waals surface area (Å²) in [5.41, 5.74) is 0.529. The van der Waals surface area contributed by atoms with Gasteiger partial charge in [-0.3, -0.25) is 4.79 Å². The summed E-state index contributed by atoms with van der Waals surface area (Å²) in [7, 11) is 0. The first-order valence-corrected chi connectivity index (χ1v) is 10.3. The molecule has 132 valence electrons.